The maximum atomic E-state index is 14.8. The van der Waals surface area contributed by atoms with Crippen molar-refractivity contribution in [2.75, 3.05) is 30.4 Å². The number of nitrogens with zero attached hydrogens (tertiary/aromatic N) is 10. The molecule has 1 amide bonds. The largest absolute Gasteiger partial charge is 0.350 e. The summed E-state index contributed by atoms with van der Waals surface area (Å²) < 4.78 is 46.6. The SMILES string of the molecule is Cc1nc2cc(F)cc3c2n1CCCN(C)C(=O)[C@@H]1C[C@@H](CN1c1nc(Cl)nc2c1cnn2-c1ccc(F)cc1F)Nc1nccc-3n1. The molecule has 6 heterocycles. The van der Waals surface area contributed by atoms with Crippen molar-refractivity contribution in [2.24, 2.45) is 0 Å². The van der Waals surface area contributed by atoms with Gasteiger partial charge in [0.15, 0.2) is 11.5 Å². The van der Waals surface area contributed by atoms with Crippen LogP contribution < -0.4 is 10.2 Å². The molecular formula is C32H27ClF3N11O. The second kappa shape index (κ2) is 11.4. The fourth-order valence-corrected chi connectivity index (χ4v) is 6.89. The Bertz CT molecular complexity index is 2260. The highest BCUT2D eigenvalue weighted by atomic mass is 35.5. The van der Waals surface area contributed by atoms with E-state index in [4.69, 9.17) is 16.6 Å². The molecule has 4 aromatic heterocycles. The fraction of sp³-hybridized carbons (Fsp3) is 0.281. The van der Waals surface area contributed by atoms with Gasteiger partial charge in [0.2, 0.25) is 17.1 Å². The summed E-state index contributed by atoms with van der Waals surface area (Å²) in [6, 6.07) is 6.75. The van der Waals surface area contributed by atoms with Crippen LogP contribution in [0.15, 0.2) is 48.8 Å². The first-order chi connectivity index (χ1) is 23.1. The first kappa shape index (κ1) is 30.1. The van der Waals surface area contributed by atoms with E-state index in [9.17, 15) is 18.0 Å². The van der Waals surface area contributed by atoms with E-state index < -0.39 is 23.5 Å². The molecule has 2 aromatic carbocycles. The van der Waals surface area contributed by atoms with Gasteiger partial charge in [-0.15, -0.1) is 0 Å². The van der Waals surface area contributed by atoms with Gasteiger partial charge in [0.1, 0.15) is 35.0 Å². The summed E-state index contributed by atoms with van der Waals surface area (Å²) in [6.07, 6.45) is 4.05. The molecule has 0 aliphatic carbocycles. The molecule has 1 N–H and O–H groups in total. The number of carbonyl (C=O) groups excluding carboxylic acids is 1. The van der Waals surface area contributed by atoms with Crippen LogP contribution in [0.1, 0.15) is 18.7 Å². The molecule has 0 saturated carbocycles. The van der Waals surface area contributed by atoms with E-state index in [1.54, 1.807) is 24.2 Å². The number of benzene rings is 2. The second-order valence-electron chi connectivity index (χ2n) is 12.0. The molecule has 0 radical (unpaired) electrons. The van der Waals surface area contributed by atoms with Gasteiger partial charge in [0.05, 0.1) is 28.3 Å². The van der Waals surface area contributed by atoms with Gasteiger partial charge in [-0.3, -0.25) is 4.79 Å². The van der Waals surface area contributed by atoms with Crippen LogP contribution in [0.3, 0.4) is 0 Å². The summed E-state index contributed by atoms with van der Waals surface area (Å²) in [5, 5.41) is 7.99. The summed E-state index contributed by atoms with van der Waals surface area (Å²) in [7, 11) is 1.75. The Hall–Kier alpha value is -5.31. The van der Waals surface area contributed by atoms with Crippen molar-refractivity contribution in [3.63, 3.8) is 0 Å². The molecule has 2 atom stereocenters. The lowest BCUT2D eigenvalue weighted by atomic mass is 10.1. The third-order valence-corrected chi connectivity index (χ3v) is 9.06. The van der Waals surface area contributed by atoms with Crippen LogP contribution in [-0.4, -0.2) is 82.3 Å². The van der Waals surface area contributed by atoms with Crippen LogP contribution in [0.25, 0.3) is 39.0 Å². The number of likely N-dealkylation sites (N-methyl/N-ethyl adjacent to an activating group) is 1. The predicted molar refractivity (Wildman–Crippen MR) is 172 cm³/mol. The third kappa shape index (κ3) is 5.05. The number of hydrogen-bond donors (Lipinski definition) is 1. The number of aryl methyl sites for hydroxylation is 2. The number of halogens is 4. The van der Waals surface area contributed by atoms with Crippen molar-refractivity contribution in [1.82, 2.24) is 44.2 Å². The number of anilines is 2. The van der Waals surface area contributed by atoms with Gasteiger partial charge in [-0.25, -0.2) is 32.8 Å². The molecule has 0 spiro atoms. The monoisotopic (exact) mass is 673 g/mol. The highest BCUT2D eigenvalue weighted by Gasteiger charge is 2.40. The Kier molecular flexibility index (Phi) is 7.16. The lowest BCUT2D eigenvalue weighted by Crippen LogP contribution is -2.45. The van der Waals surface area contributed by atoms with Gasteiger partial charge in [-0.1, -0.05) is 0 Å². The third-order valence-electron chi connectivity index (χ3n) is 8.89. The summed E-state index contributed by atoms with van der Waals surface area (Å²) in [4.78, 5) is 40.3. The maximum Gasteiger partial charge on any atom is 0.245 e. The van der Waals surface area contributed by atoms with Crippen LogP contribution in [0.4, 0.5) is 24.9 Å². The molecule has 6 aromatic rings. The maximum absolute atomic E-state index is 14.8. The molecule has 16 heteroatoms. The molecular weight excluding hydrogens is 647 g/mol. The summed E-state index contributed by atoms with van der Waals surface area (Å²) in [5.41, 5.74) is 2.58. The first-order valence-electron chi connectivity index (χ1n) is 15.3. The summed E-state index contributed by atoms with van der Waals surface area (Å²) in [5.74, 6) is -0.757. The zero-order valence-electron chi connectivity index (χ0n) is 25.7. The number of nitrogens with one attached hydrogen (secondary N) is 1. The van der Waals surface area contributed by atoms with Crippen LogP contribution in [0.5, 0.6) is 0 Å². The van der Waals surface area contributed by atoms with E-state index in [-0.39, 0.29) is 28.6 Å². The van der Waals surface area contributed by atoms with Crippen LogP contribution in [-0.2, 0) is 11.3 Å². The van der Waals surface area contributed by atoms with Crippen molar-refractivity contribution < 1.29 is 18.0 Å². The molecule has 1 fully saturated rings. The second-order valence-corrected chi connectivity index (χ2v) is 12.3. The standard InChI is InChI=1S/C32H27ClF3N11O/c1-16-39-24-12-18(35)10-20-23-6-7-37-32(41-23)40-19-13-26(30(48)44(2)8-3-9-45(16)27(20)24)46(15-19)28-21-14-38-47(29(21)43-31(33)42-28)25-5-4-17(34)11-22(25)36/h4-7,10-12,14,19,26H,3,8-9,13,15H2,1-2H3,(H,37,40,41)/t19-,26-/m0/s1. The Morgan fingerprint density at radius 3 is 2.69 bits per heavy atom. The topological polar surface area (TPSA) is 123 Å². The minimum atomic E-state index is -0.830. The quantitative estimate of drug-likeness (QED) is 0.255. The van der Waals surface area contributed by atoms with Gasteiger partial charge in [-0.2, -0.15) is 15.1 Å². The van der Waals surface area contributed by atoms with Crippen molar-refractivity contribution in [3.8, 4) is 16.9 Å². The molecule has 2 aliphatic heterocycles. The Morgan fingerprint density at radius 1 is 1.00 bits per heavy atom. The molecule has 1 saturated heterocycles. The molecule has 2 aliphatic rings. The van der Waals surface area contributed by atoms with Gasteiger partial charge in [0, 0.05) is 56.6 Å². The smallest absolute Gasteiger partial charge is 0.245 e. The lowest BCUT2D eigenvalue weighted by molar-refractivity contribution is -0.131. The molecule has 48 heavy (non-hydrogen) atoms. The van der Waals surface area contributed by atoms with E-state index in [0.29, 0.717) is 66.4 Å². The van der Waals surface area contributed by atoms with Gasteiger partial charge in [-0.05, 0) is 55.6 Å². The fourth-order valence-electron chi connectivity index (χ4n) is 6.73. The Morgan fingerprint density at radius 2 is 1.85 bits per heavy atom. The number of fused-ring (bicyclic) bond motifs is 6. The van der Waals surface area contributed by atoms with Crippen molar-refractivity contribution in [1.29, 1.82) is 0 Å². The Labute approximate surface area is 276 Å². The minimum Gasteiger partial charge on any atom is -0.350 e. The Balaban J connectivity index is 1.22. The number of rotatable bonds is 2. The average molecular weight is 674 g/mol. The van der Waals surface area contributed by atoms with Gasteiger partial charge in [0.25, 0.3) is 0 Å². The van der Waals surface area contributed by atoms with Crippen LogP contribution in [0.2, 0.25) is 5.28 Å². The zero-order valence-corrected chi connectivity index (χ0v) is 26.5. The number of imidazole rings is 1. The van der Waals surface area contributed by atoms with E-state index in [1.807, 2.05) is 16.4 Å². The van der Waals surface area contributed by atoms with E-state index in [2.05, 4.69) is 30.4 Å². The number of aromatic nitrogens is 8. The lowest BCUT2D eigenvalue weighted by Gasteiger charge is -2.29. The highest BCUT2D eigenvalue weighted by Crippen LogP contribution is 2.35. The van der Waals surface area contributed by atoms with Crippen molar-refractivity contribution in [2.45, 2.75) is 38.4 Å². The van der Waals surface area contributed by atoms with Crippen LogP contribution in [0, 0.1) is 24.4 Å². The number of hydrogen-bond acceptors (Lipinski definition) is 9. The molecule has 4 bridgehead atoms. The normalized spacial score (nSPS) is 18.3. The van der Waals surface area contributed by atoms with Gasteiger partial charge >= 0.3 is 0 Å². The zero-order chi connectivity index (χ0) is 33.3. The van der Waals surface area contributed by atoms with E-state index in [1.165, 1.54) is 29.1 Å². The summed E-state index contributed by atoms with van der Waals surface area (Å²) >= 11 is 6.43. The van der Waals surface area contributed by atoms with E-state index in [0.717, 1.165) is 23.5 Å². The van der Waals surface area contributed by atoms with E-state index >= 15 is 0 Å². The molecule has 0 unspecified atom stereocenters. The van der Waals surface area contributed by atoms with Crippen molar-refractivity contribution in [3.05, 3.63) is 77.4 Å². The number of amides is 1. The highest BCUT2D eigenvalue weighted by molar-refractivity contribution is 6.28. The molecule has 244 valence electrons. The van der Waals surface area contributed by atoms with Crippen LogP contribution >= 0.6 is 11.6 Å². The average Bonchev–Trinajstić information content (AvgIpc) is 3.75. The molecule has 12 nitrogen and oxygen atoms in total. The molecule has 8 rings (SSSR count). The minimum absolute atomic E-state index is 0.0224. The number of carbonyl (C=O) groups is 1. The first-order valence-corrected chi connectivity index (χ1v) is 15.7. The van der Waals surface area contributed by atoms with Crippen molar-refractivity contribution >= 4 is 51.3 Å². The summed E-state index contributed by atoms with van der Waals surface area (Å²) in [6.45, 7) is 3.14. The predicted octanol–water partition coefficient (Wildman–Crippen LogP) is 4.92. The van der Waals surface area contributed by atoms with Gasteiger partial charge < -0.3 is 19.7 Å².